The number of hydrogen-bond donors (Lipinski definition) is 0. The molecule has 1 saturated heterocycles. The van der Waals surface area contributed by atoms with Gasteiger partial charge in [0, 0.05) is 13.1 Å². The van der Waals surface area contributed by atoms with E-state index in [0.717, 1.165) is 25.3 Å². The summed E-state index contributed by atoms with van der Waals surface area (Å²) in [5, 5.41) is 0. The number of methoxy groups -OCH3 is 1. The van der Waals surface area contributed by atoms with Crippen LogP contribution in [-0.2, 0) is 4.79 Å². The fourth-order valence-electron chi connectivity index (χ4n) is 2.56. The fourth-order valence-corrected chi connectivity index (χ4v) is 2.56. The molecule has 2 rings (SSSR count). The van der Waals surface area contributed by atoms with Gasteiger partial charge < -0.3 is 14.4 Å². The van der Waals surface area contributed by atoms with E-state index in [2.05, 4.69) is 6.92 Å². The molecule has 0 N–H and O–H groups in total. The Kier molecular flexibility index (Phi) is 4.88. The van der Waals surface area contributed by atoms with Crippen LogP contribution >= 0.6 is 0 Å². The van der Waals surface area contributed by atoms with Gasteiger partial charge in [-0.15, -0.1) is 0 Å². The average Bonchev–Trinajstić information content (AvgIpc) is 2.47. The van der Waals surface area contributed by atoms with E-state index in [1.165, 1.54) is 6.42 Å². The first-order valence-corrected chi connectivity index (χ1v) is 7.19. The number of amides is 1. The van der Waals surface area contributed by atoms with Gasteiger partial charge in [0.25, 0.3) is 5.91 Å². The molecule has 1 aromatic rings. The first-order chi connectivity index (χ1) is 9.60. The minimum atomic E-state index is -0.450. The van der Waals surface area contributed by atoms with Crippen molar-refractivity contribution in [3.8, 4) is 11.5 Å². The third-order valence-corrected chi connectivity index (χ3v) is 3.69. The zero-order valence-electron chi connectivity index (χ0n) is 12.5. The smallest absolute Gasteiger partial charge is 0.263 e. The second-order valence-corrected chi connectivity index (χ2v) is 5.47. The lowest BCUT2D eigenvalue weighted by atomic mass is 10.00. The van der Waals surface area contributed by atoms with E-state index in [-0.39, 0.29) is 5.91 Å². The van der Waals surface area contributed by atoms with Crippen LogP contribution in [0.3, 0.4) is 0 Å². The molecule has 1 aromatic carbocycles. The second-order valence-electron chi connectivity index (χ2n) is 5.47. The quantitative estimate of drug-likeness (QED) is 0.849. The third kappa shape index (κ3) is 3.65. The molecule has 20 heavy (non-hydrogen) atoms. The standard InChI is InChI=1S/C16H23NO3/c1-12-5-4-10-17(11-12)16(18)13(2)20-15-8-6-14(19-3)7-9-15/h6-9,12-13H,4-5,10-11H2,1-3H3/t12-,13-/m1/s1. The van der Waals surface area contributed by atoms with E-state index in [9.17, 15) is 4.79 Å². The van der Waals surface area contributed by atoms with Crippen molar-refractivity contribution in [3.63, 3.8) is 0 Å². The maximum atomic E-state index is 12.3. The van der Waals surface area contributed by atoms with E-state index < -0.39 is 6.10 Å². The van der Waals surface area contributed by atoms with E-state index >= 15 is 0 Å². The topological polar surface area (TPSA) is 38.8 Å². The predicted octanol–water partition coefficient (Wildman–Crippen LogP) is 2.72. The predicted molar refractivity (Wildman–Crippen MR) is 78.1 cm³/mol. The van der Waals surface area contributed by atoms with Crippen LogP contribution in [0.2, 0.25) is 0 Å². The zero-order valence-corrected chi connectivity index (χ0v) is 12.5. The van der Waals surface area contributed by atoms with Gasteiger partial charge in [-0.05, 0) is 49.9 Å². The minimum Gasteiger partial charge on any atom is -0.497 e. The molecular weight excluding hydrogens is 254 g/mol. The molecule has 0 radical (unpaired) electrons. The second kappa shape index (κ2) is 6.64. The summed E-state index contributed by atoms with van der Waals surface area (Å²) >= 11 is 0. The van der Waals surface area contributed by atoms with Gasteiger partial charge in [0.05, 0.1) is 7.11 Å². The van der Waals surface area contributed by atoms with Crippen molar-refractivity contribution >= 4 is 5.91 Å². The number of likely N-dealkylation sites (tertiary alicyclic amines) is 1. The number of nitrogens with zero attached hydrogens (tertiary/aromatic N) is 1. The van der Waals surface area contributed by atoms with Crippen LogP contribution in [0.1, 0.15) is 26.7 Å². The van der Waals surface area contributed by atoms with Crippen molar-refractivity contribution < 1.29 is 14.3 Å². The van der Waals surface area contributed by atoms with Gasteiger partial charge in [0.2, 0.25) is 0 Å². The normalized spacial score (nSPS) is 20.4. The van der Waals surface area contributed by atoms with Crippen LogP contribution in [0, 0.1) is 5.92 Å². The van der Waals surface area contributed by atoms with Crippen molar-refractivity contribution in [2.45, 2.75) is 32.8 Å². The molecule has 2 atom stereocenters. The summed E-state index contributed by atoms with van der Waals surface area (Å²) in [6.07, 6.45) is 1.84. The molecule has 0 bridgehead atoms. The van der Waals surface area contributed by atoms with E-state index in [1.807, 2.05) is 36.1 Å². The lowest BCUT2D eigenvalue weighted by Crippen LogP contribution is -2.45. The zero-order chi connectivity index (χ0) is 14.5. The number of rotatable bonds is 4. The van der Waals surface area contributed by atoms with Crippen LogP contribution in [-0.4, -0.2) is 37.1 Å². The van der Waals surface area contributed by atoms with Gasteiger partial charge in [0.15, 0.2) is 6.10 Å². The molecule has 4 heteroatoms. The first kappa shape index (κ1) is 14.7. The van der Waals surface area contributed by atoms with E-state index in [0.29, 0.717) is 11.7 Å². The van der Waals surface area contributed by atoms with Crippen molar-refractivity contribution in [1.82, 2.24) is 4.90 Å². The van der Waals surface area contributed by atoms with Gasteiger partial charge in [-0.25, -0.2) is 0 Å². The third-order valence-electron chi connectivity index (χ3n) is 3.69. The Morgan fingerprint density at radius 3 is 2.55 bits per heavy atom. The Morgan fingerprint density at radius 2 is 1.95 bits per heavy atom. The number of carbonyl (C=O) groups excluding carboxylic acids is 1. The van der Waals surface area contributed by atoms with Crippen molar-refractivity contribution in [2.24, 2.45) is 5.92 Å². The summed E-state index contributed by atoms with van der Waals surface area (Å²) in [7, 11) is 1.62. The molecule has 0 aromatic heterocycles. The summed E-state index contributed by atoms with van der Waals surface area (Å²) in [6.45, 7) is 5.69. The molecule has 110 valence electrons. The van der Waals surface area contributed by atoms with Crippen LogP contribution in [0.5, 0.6) is 11.5 Å². The molecule has 1 fully saturated rings. The highest BCUT2D eigenvalue weighted by atomic mass is 16.5. The van der Waals surface area contributed by atoms with Gasteiger partial charge in [-0.2, -0.15) is 0 Å². The number of benzene rings is 1. The monoisotopic (exact) mass is 277 g/mol. The number of ether oxygens (including phenoxy) is 2. The minimum absolute atomic E-state index is 0.0763. The summed E-state index contributed by atoms with van der Waals surface area (Å²) in [5.74, 6) is 2.13. The number of piperidine rings is 1. The van der Waals surface area contributed by atoms with Crippen LogP contribution in [0.4, 0.5) is 0 Å². The molecule has 0 spiro atoms. The van der Waals surface area contributed by atoms with Gasteiger partial charge in [-0.3, -0.25) is 4.79 Å². The lowest BCUT2D eigenvalue weighted by molar-refractivity contribution is -0.139. The molecule has 0 saturated carbocycles. The molecular formula is C16H23NO3. The fraction of sp³-hybridized carbons (Fsp3) is 0.562. The highest BCUT2D eigenvalue weighted by Crippen LogP contribution is 2.20. The van der Waals surface area contributed by atoms with Crippen molar-refractivity contribution in [1.29, 1.82) is 0 Å². The van der Waals surface area contributed by atoms with E-state index in [4.69, 9.17) is 9.47 Å². The maximum Gasteiger partial charge on any atom is 0.263 e. The summed E-state index contributed by atoms with van der Waals surface area (Å²) in [6, 6.07) is 7.30. The largest absolute Gasteiger partial charge is 0.497 e. The average molecular weight is 277 g/mol. The Labute approximate surface area is 120 Å². The Bertz CT molecular complexity index is 444. The van der Waals surface area contributed by atoms with Gasteiger partial charge in [0.1, 0.15) is 11.5 Å². The summed E-state index contributed by atoms with van der Waals surface area (Å²) in [4.78, 5) is 14.3. The Balaban J connectivity index is 1.92. The first-order valence-electron chi connectivity index (χ1n) is 7.19. The van der Waals surface area contributed by atoms with Crippen LogP contribution < -0.4 is 9.47 Å². The lowest BCUT2D eigenvalue weighted by Gasteiger charge is -2.32. The molecule has 0 unspecified atom stereocenters. The molecule has 1 aliphatic heterocycles. The van der Waals surface area contributed by atoms with E-state index in [1.54, 1.807) is 7.11 Å². The molecule has 0 aliphatic carbocycles. The maximum absolute atomic E-state index is 12.3. The molecule has 1 amide bonds. The van der Waals surface area contributed by atoms with Crippen molar-refractivity contribution in [2.75, 3.05) is 20.2 Å². The summed E-state index contributed by atoms with van der Waals surface area (Å²) in [5.41, 5.74) is 0. The SMILES string of the molecule is COc1ccc(O[C@H](C)C(=O)N2CCC[C@@H](C)C2)cc1. The van der Waals surface area contributed by atoms with Crippen molar-refractivity contribution in [3.05, 3.63) is 24.3 Å². The molecule has 1 aliphatic rings. The van der Waals surface area contributed by atoms with Gasteiger partial charge >= 0.3 is 0 Å². The number of hydrogen-bond acceptors (Lipinski definition) is 3. The Hall–Kier alpha value is -1.71. The van der Waals surface area contributed by atoms with Crippen LogP contribution in [0.15, 0.2) is 24.3 Å². The molecule has 4 nitrogen and oxygen atoms in total. The highest BCUT2D eigenvalue weighted by molar-refractivity contribution is 5.81. The number of carbonyl (C=O) groups is 1. The van der Waals surface area contributed by atoms with Crippen LogP contribution in [0.25, 0.3) is 0 Å². The molecule has 1 heterocycles. The summed E-state index contributed by atoms with van der Waals surface area (Å²) < 4.78 is 10.8. The Morgan fingerprint density at radius 1 is 1.30 bits per heavy atom. The highest BCUT2D eigenvalue weighted by Gasteiger charge is 2.25. The van der Waals surface area contributed by atoms with Gasteiger partial charge in [-0.1, -0.05) is 6.92 Å².